The molecule has 16 heavy (non-hydrogen) atoms. The van der Waals surface area contributed by atoms with Gasteiger partial charge in [-0.1, -0.05) is 0 Å². The summed E-state index contributed by atoms with van der Waals surface area (Å²) >= 11 is 0. The molecule has 0 saturated heterocycles. The fourth-order valence-electron chi connectivity index (χ4n) is 1.64. The molecule has 5 nitrogen and oxygen atoms in total. The van der Waals surface area contributed by atoms with Crippen LogP contribution in [0.25, 0.3) is 0 Å². The summed E-state index contributed by atoms with van der Waals surface area (Å²) in [7, 11) is 0. The smallest absolute Gasteiger partial charge is 0.115 e. The third-order valence-electron chi connectivity index (χ3n) is 2.53. The molecule has 0 bridgehead atoms. The Balaban J connectivity index is 2.11. The van der Waals surface area contributed by atoms with Crippen molar-refractivity contribution >= 4 is 0 Å². The zero-order valence-electron chi connectivity index (χ0n) is 9.24. The second kappa shape index (κ2) is 4.85. The average molecular weight is 217 g/mol. The van der Waals surface area contributed by atoms with Crippen molar-refractivity contribution in [1.29, 1.82) is 0 Å². The van der Waals surface area contributed by atoms with E-state index >= 15 is 0 Å². The number of nitrogens with two attached hydrogens (primary N) is 1. The standard InChI is InChI=1S/C11H15N5/c1-2-16-6-5-14-11(16)7-9(12)10-3-4-13-8-15-10/h3-6,8-9H,2,7,12H2,1H3. The Morgan fingerprint density at radius 2 is 2.25 bits per heavy atom. The van der Waals surface area contributed by atoms with Gasteiger partial charge in [0.05, 0.1) is 11.7 Å². The predicted molar refractivity (Wildman–Crippen MR) is 60.6 cm³/mol. The van der Waals surface area contributed by atoms with Gasteiger partial charge in [-0.2, -0.15) is 0 Å². The Morgan fingerprint density at radius 3 is 2.94 bits per heavy atom. The molecule has 5 heteroatoms. The Kier molecular flexibility index (Phi) is 3.26. The lowest BCUT2D eigenvalue weighted by Gasteiger charge is -2.11. The monoisotopic (exact) mass is 217 g/mol. The van der Waals surface area contributed by atoms with Crippen molar-refractivity contribution in [2.24, 2.45) is 5.73 Å². The molecule has 0 aliphatic heterocycles. The lowest BCUT2D eigenvalue weighted by Crippen LogP contribution is -2.17. The SMILES string of the molecule is CCn1ccnc1CC(N)c1ccncn1. The molecule has 2 aromatic rings. The summed E-state index contributed by atoms with van der Waals surface area (Å²) in [6, 6.07) is 1.71. The number of imidazole rings is 1. The quantitative estimate of drug-likeness (QED) is 0.827. The lowest BCUT2D eigenvalue weighted by molar-refractivity contribution is 0.616. The fraction of sp³-hybridized carbons (Fsp3) is 0.364. The van der Waals surface area contributed by atoms with Crippen LogP contribution in [0.1, 0.15) is 24.5 Å². The fourth-order valence-corrected chi connectivity index (χ4v) is 1.64. The van der Waals surface area contributed by atoms with Crippen LogP contribution in [0.5, 0.6) is 0 Å². The van der Waals surface area contributed by atoms with Crippen LogP contribution in [0.4, 0.5) is 0 Å². The molecule has 2 N–H and O–H groups in total. The first-order valence-electron chi connectivity index (χ1n) is 5.32. The van der Waals surface area contributed by atoms with Crippen LogP contribution in [-0.2, 0) is 13.0 Å². The van der Waals surface area contributed by atoms with Crippen LogP contribution in [-0.4, -0.2) is 19.5 Å². The number of rotatable bonds is 4. The van der Waals surface area contributed by atoms with E-state index in [-0.39, 0.29) is 6.04 Å². The number of aryl methyl sites for hydroxylation is 1. The van der Waals surface area contributed by atoms with Crippen molar-refractivity contribution in [3.63, 3.8) is 0 Å². The van der Waals surface area contributed by atoms with Crippen molar-refractivity contribution in [2.75, 3.05) is 0 Å². The van der Waals surface area contributed by atoms with Crippen molar-refractivity contribution in [3.8, 4) is 0 Å². The largest absolute Gasteiger partial charge is 0.335 e. The molecule has 0 fully saturated rings. The van der Waals surface area contributed by atoms with Gasteiger partial charge in [-0.25, -0.2) is 15.0 Å². The van der Waals surface area contributed by atoms with Gasteiger partial charge < -0.3 is 10.3 Å². The van der Waals surface area contributed by atoms with Gasteiger partial charge in [0.1, 0.15) is 12.2 Å². The summed E-state index contributed by atoms with van der Waals surface area (Å²) in [5.74, 6) is 0.994. The molecule has 1 unspecified atom stereocenters. The van der Waals surface area contributed by atoms with Crippen LogP contribution in [0.3, 0.4) is 0 Å². The normalized spacial score (nSPS) is 12.6. The molecule has 0 aromatic carbocycles. The first-order chi connectivity index (χ1) is 7.81. The first-order valence-corrected chi connectivity index (χ1v) is 5.32. The summed E-state index contributed by atoms with van der Waals surface area (Å²) in [5, 5.41) is 0. The van der Waals surface area contributed by atoms with E-state index in [4.69, 9.17) is 5.73 Å². The van der Waals surface area contributed by atoms with Crippen LogP contribution < -0.4 is 5.73 Å². The van der Waals surface area contributed by atoms with Gasteiger partial charge in [-0.15, -0.1) is 0 Å². The van der Waals surface area contributed by atoms with E-state index in [2.05, 4.69) is 26.4 Å². The Morgan fingerprint density at radius 1 is 1.38 bits per heavy atom. The van der Waals surface area contributed by atoms with Gasteiger partial charge in [0.25, 0.3) is 0 Å². The maximum Gasteiger partial charge on any atom is 0.115 e. The predicted octanol–water partition coefficient (Wildman–Crippen LogP) is 0.936. The lowest BCUT2D eigenvalue weighted by atomic mass is 10.1. The van der Waals surface area contributed by atoms with Crippen molar-refractivity contribution in [1.82, 2.24) is 19.5 Å². The summed E-state index contributed by atoms with van der Waals surface area (Å²) in [4.78, 5) is 12.3. The molecular weight excluding hydrogens is 202 g/mol. The van der Waals surface area contributed by atoms with Gasteiger partial charge >= 0.3 is 0 Å². The summed E-state index contributed by atoms with van der Waals surface area (Å²) in [6.45, 7) is 2.99. The number of aromatic nitrogens is 4. The highest BCUT2D eigenvalue weighted by Crippen LogP contribution is 2.11. The molecular formula is C11H15N5. The molecule has 0 aliphatic rings. The highest BCUT2D eigenvalue weighted by atomic mass is 15.1. The topological polar surface area (TPSA) is 69.6 Å². The van der Waals surface area contributed by atoms with Gasteiger partial charge in [-0.3, -0.25) is 0 Å². The minimum absolute atomic E-state index is 0.129. The molecule has 2 aromatic heterocycles. The van der Waals surface area contributed by atoms with Crippen molar-refractivity contribution < 1.29 is 0 Å². The van der Waals surface area contributed by atoms with Crippen LogP contribution in [0.2, 0.25) is 0 Å². The number of hydrogen-bond donors (Lipinski definition) is 1. The molecule has 0 amide bonds. The molecule has 0 aliphatic carbocycles. The van der Waals surface area contributed by atoms with E-state index in [9.17, 15) is 0 Å². The van der Waals surface area contributed by atoms with Crippen molar-refractivity contribution in [3.05, 3.63) is 42.5 Å². The van der Waals surface area contributed by atoms with E-state index in [0.29, 0.717) is 6.42 Å². The second-order valence-electron chi connectivity index (χ2n) is 3.57. The maximum atomic E-state index is 6.07. The average Bonchev–Trinajstić information content (AvgIpc) is 2.77. The van der Waals surface area contributed by atoms with Crippen LogP contribution in [0.15, 0.2) is 31.0 Å². The minimum atomic E-state index is -0.129. The highest BCUT2D eigenvalue weighted by Gasteiger charge is 2.11. The van der Waals surface area contributed by atoms with Crippen LogP contribution in [0, 0.1) is 0 Å². The van der Waals surface area contributed by atoms with E-state index in [1.165, 1.54) is 6.33 Å². The summed E-state index contributed by atoms with van der Waals surface area (Å²) in [6.07, 6.45) is 7.67. The van der Waals surface area contributed by atoms with Crippen LogP contribution >= 0.6 is 0 Å². The second-order valence-corrected chi connectivity index (χ2v) is 3.57. The van der Waals surface area contributed by atoms with Crippen molar-refractivity contribution in [2.45, 2.75) is 25.9 Å². The molecule has 0 saturated carbocycles. The molecule has 84 valence electrons. The van der Waals surface area contributed by atoms with E-state index in [1.807, 2.05) is 12.3 Å². The van der Waals surface area contributed by atoms with E-state index < -0.39 is 0 Å². The van der Waals surface area contributed by atoms with Gasteiger partial charge in [0.2, 0.25) is 0 Å². The van der Waals surface area contributed by atoms with Gasteiger partial charge in [-0.05, 0) is 13.0 Å². The number of nitrogens with zero attached hydrogens (tertiary/aromatic N) is 4. The zero-order valence-corrected chi connectivity index (χ0v) is 9.24. The highest BCUT2D eigenvalue weighted by molar-refractivity contribution is 5.07. The Labute approximate surface area is 94.4 Å². The molecule has 2 rings (SSSR count). The molecule has 0 spiro atoms. The molecule has 0 radical (unpaired) electrons. The molecule has 2 heterocycles. The first kappa shape index (κ1) is 10.8. The Bertz CT molecular complexity index is 437. The summed E-state index contributed by atoms with van der Waals surface area (Å²) in [5.41, 5.74) is 6.91. The summed E-state index contributed by atoms with van der Waals surface area (Å²) < 4.78 is 2.08. The van der Waals surface area contributed by atoms with E-state index in [1.54, 1.807) is 12.4 Å². The Hall–Kier alpha value is -1.75. The minimum Gasteiger partial charge on any atom is -0.335 e. The van der Waals surface area contributed by atoms with Gasteiger partial charge in [0.15, 0.2) is 0 Å². The van der Waals surface area contributed by atoms with E-state index in [0.717, 1.165) is 18.1 Å². The third-order valence-corrected chi connectivity index (χ3v) is 2.53. The third kappa shape index (κ3) is 2.25. The number of hydrogen-bond acceptors (Lipinski definition) is 4. The van der Waals surface area contributed by atoms with Gasteiger partial charge in [0, 0.05) is 31.6 Å². The zero-order chi connectivity index (χ0) is 11.4. The maximum absolute atomic E-state index is 6.07. The molecule has 1 atom stereocenters.